The number of aldehydes is 1. The van der Waals surface area contributed by atoms with Gasteiger partial charge in [0.25, 0.3) is 0 Å². The fourth-order valence-corrected chi connectivity index (χ4v) is 0.986. The molecule has 0 atom stereocenters. The summed E-state index contributed by atoms with van der Waals surface area (Å²) in [4.78, 5) is 10.5. The van der Waals surface area contributed by atoms with Gasteiger partial charge in [-0.3, -0.25) is 4.79 Å². The predicted molar refractivity (Wildman–Crippen MR) is 48.2 cm³/mol. The summed E-state index contributed by atoms with van der Waals surface area (Å²) >= 11 is 0. The summed E-state index contributed by atoms with van der Waals surface area (Å²) in [5.41, 5.74) is 0.675. The Hall–Kier alpha value is -1.33. The van der Waals surface area contributed by atoms with E-state index in [4.69, 9.17) is 14.8 Å². The van der Waals surface area contributed by atoms with Gasteiger partial charge in [-0.25, -0.2) is 0 Å². The third-order valence-electron chi connectivity index (χ3n) is 1.68. The van der Waals surface area contributed by atoms with Gasteiger partial charge in [-0.05, 0) is 17.6 Å². The molecule has 13 heavy (non-hydrogen) atoms. The van der Waals surface area contributed by atoms with Crippen LogP contribution >= 0.6 is 0 Å². The van der Waals surface area contributed by atoms with Crippen molar-refractivity contribution in [1.82, 2.24) is 0 Å². The van der Waals surface area contributed by atoms with Crippen LogP contribution in [0.4, 0.5) is 0 Å². The zero-order valence-electron chi connectivity index (χ0n) is 7.10. The Morgan fingerprint density at radius 3 is 2.62 bits per heavy atom. The van der Waals surface area contributed by atoms with Crippen LogP contribution in [0.1, 0.15) is 10.4 Å². The largest absolute Gasteiger partial charge is 0.496 e. The average Bonchev–Trinajstić information content (AvgIpc) is 2.16. The van der Waals surface area contributed by atoms with E-state index >= 15 is 0 Å². The Kier molecular flexibility index (Phi) is 3.05. The molecule has 0 aliphatic heterocycles. The van der Waals surface area contributed by atoms with Gasteiger partial charge in [0.2, 0.25) is 0 Å². The van der Waals surface area contributed by atoms with Crippen molar-refractivity contribution in [2.45, 2.75) is 0 Å². The van der Waals surface area contributed by atoms with E-state index < -0.39 is 7.12 Å². The van der Waals surface area contributed by atoms with Crippen LogP contribution in [0, 0.1) is 0 Å². The smallest absolute Gasteiger partial charge is 0.488 e. The summed E-state index contributed by atoms with van der Waals surface area (Å²) in [6.45, 7) is 0. The van der Waals surface area contributed by atoms with Crippen LogP contribution in [0.25, 0.3) is 0 Å². The first-order valence-corrected chi connectivity index (χ1v) is 3.68. The molecule has 4 nitrogen and oxygen atoms in total. The van der Waals surface area contributed by atoms with Crippen molar-refractivity contribution in [2.75, 3.05) is 7.11 Å². The van der Waals surface area contributed by atoms with Crippen molar-refractivity contribution in [1.29, 1.82) is 0 Å². The monoisotopic (exact) mass is 180 g/mol. The Morgan fingerprint density at radius 1 is 1.46 bits per heavy atom. The van der Waals surface area contributed by atoms with Gasteiger partial charge < -0.3 is 14.8 Å². The molecule has 68 valence electrons. The summed E-state index contributed by atoms with van der Waals surface area (Å²) in [7, 11) is -0.134. The van der Waals surface area contributed by atoms with Crippen molar-refractivity contribution in [3.63, 3.8) is 0 Å². The Bertz CT molecular complexity index is 311. The maximum absolute atomic E-state index is 10.5. The molecule has 2 N–H and O–H groups in total. The third-order valence-corrected chi connectivity index (χ3v) is 1.68. The minimum atomic E-state index is -1.55. The first kappa shape index (κ1) is 9.76. The van der Waals surface area contributed by atoms with Crippen LogP contribution in [0.2, 0.25) is 0 Å². The van der Waals surface area contributed by atoms with Gasteiger partial charge in [0.1, 0.15) is 5.75 Å². The van der Waals surface area contributed by atoms with Gasteiger partial charge >= 0.3 is 7.12 Å². The molecule has 0 aromatic heterocycles. The summed E-state index contributed by atoms with van der Waals surface area (Å²) in [5.74, 6) is 0.334. The molecule has 0 amide bonds. The average molecular weight is 180 g/mol. The normalized spacial score (nSPS) is 9.46. The van der Waals surface area contributed by atoms with Gasteiger partial charge in [-0.2, -0.15) is 0 Å². The number of benzene rings is 1. The number of hydrogen-bond acceptors (Lipinski definition) is 4. The second kappa shape index (κ2) is 4.07. The van der Waals surface area contributed by atoms with E-state index in [9.17, 15) is 4.79 Å². The van der Waals surface area contributed by atoms with Crippen molar-refractivity contribution in [3.05, 3.63) is 23.8 Å². The molecule has 5 heteroatoms. The maximum Gasteiger partial charge on any atom is 0.488 e. The zero-order chi connectivity index (χ0) is 9.84. The standard InChI is InChI=1S/C8H9BO4/c1-13-8-4-7(9(11)12)3-2-6(8)5-10/h2-5,11-12H,1H3. The number of ether oxygens (including phenoxy) is 1. The van der Waals surface area contributed by atoms with Crippen molar-refractivity contribution in [3.8, 4) is 5.75 Å². The van der Waals surface area contributed by atoms with Crippen LogP contribution in [0.3, 0.4) is 0 Å². The van der Waals surface area contributed by atoms with Crippen LogP contribution in [0.15, 0.2) is 18.2 Å². The Morgan fingerprint density at radius 2 is 2.15 bits per heavy atom. The van der Waals surface area contributed by atoms with Gasteiger partial charge in [-0.1, -0.05) is 6.07 Å². The van der Waals surface area contributed by atoms with Crippen molar-refractivity contribution in [2.24, 2.45) is 0 Å². The predicted octanol–water partition coefficient (Wildman–Crippen LogP) is -0.813. The van der Waals surface area contributed by atoms with E-state index in [0.717, 1.165) is 0 Å². The molecule has 0 heterocycles. The fourth-order valence-electron chi connectivity index (χ4n) is 0.986. The molecule has 0 radical (unpaired) electrons. The highest BCUT2D eigenvalue weighted by Crippen LogP contribution is 2.13. The number of carbonyl (C=O) groups is 1. The lowest BCUT2D eigenvalue weighted by Gasteiger charge is -2.05. The molecule has 0 aliphatic carbocycles. The van der Waals surface area contributed by atoms with E-state index in [1.54, 1.807) is 0 Å². The SMILES string of the molecule is COc1cc(B(O)O)ccc1C=O. The molecule has 0 saturated carbocycles. The highest BCUT2D eigenvalue weighted by molar-refractivity contribution is 6.58. The molecule has 1 rings (SSSR count). The quantitative estimate of drug-likeness (QED) is 0.471. The lowest BCUT2D eigenvalue weighted by atomic mass is 9.80. The first-order valence-electron chi connectivity index (χ1n) is 3.68. The number of carbonyl (C=O) groups excluding carboxylic acids is 1. The van der Waals surface area contributed by atoms with Crippen molar-refractivity contribution >= 4 is 18.9 Å². The molecular weight excluding hydrogens is 171 g/mol. The van der Waals surface area contributed by atoms with Gasteiger partial charge in [0.05, 0.1) is 12.7 Å². The third kappa shape index (κ3) is 2.08. The summed E-state index contributed by atoms with van der Waals surface area (Å²) < 4.78 is 4.87. The van der Waals surface area contributed by atoms with Gasteiger partial charge in [0.15, 0.2) is 6.29 Å². The van der Waals surface area contributed by atoms with Crippen LogP contribution in [0.5, 0.6) is 5.75 Å². The minimum Gasteiger partial charge on any atom is -0.496 e. The second-order valence-corrected chi connectivity index (χ2v) is 2.49. The summed E-state index contributed by atoms with van der Waals surface area (Å²) in [6.07, 6.45) is 0.645. The highest BCUT2D eigenvalue weighted by atomic mass is 16.5. The molecular formula is C8H9BO4. The van der Waals surface area contributed by atoms with Gasteiger partial charge in [-0.15, -0.1) is 0 Å². The lowest BCUT2D eigenvalue weighted by Crippen LogP contribution is -2.29. The number of rotatable bonds is 3. The summed E-state index contributed by atoms with van der Waals surface area (Å²) in [6, 6.07) is 4.34. The van der Waals surface area contributed by atoms with Crippen molar-refractivity contribution < 1.29 is 19.6 Å². The molecule has 0 unspecified atom stereocenters. The molecule has 1 aromatic carbocycles. The first-order chi connectivity index (χ1) is 6.19. The van der Waals surface area contributed by atoms with Gasteiger partial charge in [0, 0.05) is 0 Å². The zero-order valence-corrected chi connectivity index (χ0v) is 7.10. The van der Waals surface area contributed by atoms with Crippen LogP contribution in [-0.4, -0.2) is 30.6 Å². The molecule has 0 fully saturated rings. The molecule has 0 saturated heterocycles. The summed E-state index contributed by atoms with van der Waals surface area (Å²) in [5, 5.41) is 17.6. The van der Waals surface area contributed by atoms with E-state index in [2.05, 4.69) is 0 Å². The molecule has 0 aliphatic rings. The van der Waals surface area contributed by atoms with Crippen LogP contribution in [-0.2, 0) is 0 Å². The second-order valence-electron chi connectivity index (χ2n) is 2.49. The fraction of sp³-hybridized carbons (Fsp3) is 0.125. The maximum atomic E-state index is 10.5. The number of hydrogen-bond donors (Lipinski definition) is 2. The van der Waals surface area contributed by atoms with E-state index in [1.807, 2.05) is 0 Å². The highest BCUT2D eigenvalue weighted by Gasteiger charge is 2.13. The van der Waals surface area contributed by atoms with Crippen LogP contribution < -0.4 is 10.2 Å². The molecule has 0 spiro atoms. The minimum absolute atomic E-state index is 0.294. The lowest BCUT2D eigenvalue weighted by molar-refractivity contribution is 0.112. The van der Waals surface area contributed by atoms with E-state index in [0.29, 0.717) is 23.1 Å². The molecule has 0 bridgehead atoms. The van der Waals surface area contributed by atoms with E-state index in [1.165, 1.54) is 25.3 Å². The topological polar surface area (TPSA) is 66.8 Å². The Balaban J connectivity index is 3.12. The Labute approximate surface area is 75.9 Å². The molecule has 1 aromatic rings. The van der Waals surface area contributed by atoms with E-state index in [-0.39, 0.29) is 0 Å². The number of methoxy groups -OCH3 is 1.